The van der Waals surface area contributed by atoms with Crippen LogP contribution >= 0.6 is 0 Å². The summed E-state index contributed by atoms with van der Waals surface area (Å²) in [6.07, 6.45) is 6.27. The fourth-order valence-corrected chi connectivity index (χ4v) is 3.24. The molecule has 0 saturated heterocycles. The van der Waals surface area contributed by atoms with Gasteiger partial charge in [0, 0.05) is 5.92 Å². The van der Waals surface area contributed by atoms with Crippen molar-refractivity contribution in [2.75, 3.05) is 11.9 Å². The SMILES string of the molecule is c1ccc2c(c1)NCC(c1nc(C3CCCCC3)n[nH]1)O2. The van der Waals surface area contributed by atoms with Crippen molar-refractivity contribution in [1.82, 2.24) is 15.2 Å². The molecule has 2 heterocycles. The number of aromatic amines is 1. The number of rotatable bonds is 2. The first-order valence-corrected chi connectivity index (χ1v) is 7.82. The Hall–Kier alpha value is -2.04. The minimum Gasteiger partial charge on any atom is -0.478 e. The number of para-hydroxylation sites is 2. The molecule has 0 spiro atoms. The molecule has 2 aromatic rings. The molecule has 4 rings (SSSR count). The Kier molecular flexibility index (Phi) is 3.25. The van der Waals surface area contributed by atoms with Gasteiger partial charge >= 0.3 is 0 Å². The highest BCUT2D eigenvalue weighted by atomic mass is 16.5. The van der Waals surface area contributed by atoms with Gasteiger partial charge in [0.1, 0.15) is 5.75 Å². The van der Waals surface area contributed by atoms with Crippen molar-refractivity contribution in [2.24, 2.45) is 0 Å². The molecular formula is C16H20N4O. The van der Waals surface area contributed by atoms with Gasteiger partial charge in [0.05, 0.1) is 12.2 Å². The predicted molar refractivity (Wildman–Crippen MR) is 80.5 cm³/mol. The number of aromatic nitrogens is 3. The third-order valence-electron chi connectivity index (χ3n) is 4.43. The standard InChI is InChI=1S/C16H20N4O/c1-2-6-11(7-3-1)15-18-16(20-19-15)14-10-17-12-8-4-5-9-13(12)21-14/h4-5,8-9,11,14,17H,1-3,6-7,10H2,(H,18,19,20). The summed E-state index contributed by atoms with van der Waals surface area (Å²) in [6, 6.07) is 7.99. The highest BCUT2D eigenvalue weighted by molar-refractivity contribution is 5.57. The van der Waals surface area contributed by atoms with Gasteiger partial charge in [-0.25, -0.2) is 4.98 Å². The van der Waals surface area contributed by atoms with E-state index in [1.54, 1.807) is 0 Å². The summed E-state index contributed by atoms with van der Waals surface area (Å²) in [5.41, 5.74) is 1.04. The summed E-state index contributed by atoms with van der Waals surface area (Å²) in [5.74, 6) is 3.20. The van der Waals surface area contributed by atoms with Crippen LogP contribution in [0.4, 0.5) is 5.69 Å². The number of H-pyrrole nitrogens is 1. The highest BCUT2D eigenvalue weighted by Crippen LogP contribution is 2.34. The Balaban J connectivity index is 1.51. The van der Waals surface area contributed by atoms with Gasteiger partial charge in [-0.2, -0.15) is 5.10 Å². The lowest BCUT2D eigenvalue weighted by molar-refractivity contribution is 0.200. The molecule has 0 bridgehead atoms. The topological polar surface area (TPSA) is 62.8 Å². The van der Waals surface area contributed by atoms with Crippen LogP contribution in [-0.4, -0.2) is 21.7 Å². The molecule has 1 fully saturated rings. The second kappa shape index (κ2) is 5.39. The molecule has 21 heavy (non-hydrogen) atoms. The largest absolute Gasteiger partial charge is 0.478 e. The van der Waals surface area contributed by atoms with Gasteiger partial charge in [0.25, 0.3) is 0 Å². The van der Waals surface area contributed by atoms with E-state index in [-0.39, 0.29) is 6.10 Å². The molecule has 2 aliphatic rings. The number of benzene rings is 1. The third kappa shape index (κ3) is 2.48. The van der Waals surface area contributed by atoms with Gasteiger partial charge in [0.2, 0.25) is 0 Å². The number of hydrogen-bond donors (Lipinski definition) is 2. The zero-order valence-electron chi connectivity index (χ0n) is 12.0. The van der Waals surface area contributed by atoms with E-state index in [9.17, 15) is 0 Å². The Bertz CT molecular complexity index is 618. The number of ether oxygens (including phenoxy) is 1. The number of hydrogen-bond acceptors (Lipinski definition) is 4. The molecule has 110 valence electrons. The van der Waals surface area contributed by atoms with E-state index in [4.69, 9.17) is 9.72 Å². The maximum atomic E-state index is 6.02. The molecule has 5 nitrogen and oxygen atoms in total. The van der Waals surface area contributed by atoms with Gasteiger partial charge in [-0.3, -0.25) is 5.10 Å². The molecule has 1 aliphatic heterocycles. The summed E-state index contributed by atoms with van der Waals surface area (Å²) in [7, 11) is 0. The Labute approximate surface area is 124 Å². The Morgan fingerprint density at radius 1 is 1.10 bits per heavy atom. The van der Waals surface area contributed by atoms with Crippen LogP contribution in [0.25, 0.3) is 0 Å². The lowest BCUT2D eigenvalue weighted by Crippen LogP contribution is -2.24. The number of anilines is 1. The van der Waals surface area contributed by atoms with E-state index < -0.39 is 0 Å². The minimum atomic E-state index is -0.0928. The zero-order chi connectivity index (χ0) is 14.1. The van der Waals surface area contributed by atoms with Crippen molar-refractivity contribution in [3.63, 3.8) is 0 Å². The van der Waals surface area contributed by atoms with Crippen molar-refractivity contribution in [3.05, 3.63) is 35.9 Å². The first-order valence-electron chi connectivity index (χ1n) is 7.82. The number of nitrogens with zero attached hydrogens (tertiary/aromatic N) is 2. The molecule has 1 aromatic carbocycles. The van der Waals surface area contributed by atoms with Crippen LogP contribution in [-0.2, 0) is 0 Å². The Morgan fingerprint density at radius 2 is 1.95 bits per heavy atom. The van der Waals surface area contributed by atoms with Gasteiger partial charge in [0.15, 0.2) is 17.8 Å². The van der Waals surface area contributed by atoms with Crippen LogP contribution in [0.3, 0.4) is 0 Å². The Morgan fingerprint density at radius 3 is 2.86 bits per heavy atom. The molecule has 2 N–H and O–H groups in total. The number of nitrogens with one attached hydrogen (secondary N) is 2. The first kappa shape index (κ1) is 12.7. The quantitative estimate of drug-likeness (QED) is 0.887. The third-order valence-corrected chi connectivity index (χ3v) is 4.43. The van der Waals surface area contributed by atoms with Crippen molar-refractivity contribution in [3.8, 4) is 5.75 Å². The first-order chi connectivity index (χ1) is 10.4. The monoisotopic (exact) mass is 284 g/mol. The minimum absolute atomic E-state index is 0.0928. The average molecular weight is 284 g/mol. The second-order valence-corrected chi connectivity index (χ2v) is 5.90. The van der Waals surface area contributed by atoms with Crippen molar-refractivity contribution >= 4 is 5.69 Å². The fourth-order valence-electron chi connectivity index (χ4n) is 3.24. The zero-order valence-corrected chi connectivity index (χ0v) is 12.0. The van der Waals surface area contributed by atoms with Gasteiger partial charge < -0.3 is 10.1 Å². The van der Waals surface area contributed by atoms with Crippen LogP contribution in [0.1, 0.15) is 55.8 Å². The van der Waals surface area contributed by atoms with Crippen LogP contribution in [0.5, 0.6) is 5.75 Å². The second-order valence-electron chi connectivity index (χ2n) is 5.90. The lowest BCUT2D eigenvalue weighted by atomic mass is 9.89. The maximum Gasteiger partial charge on any atom is 0.175 e. The van der Waals surface area contributed by atoms with Gasteiger partial charge in [-0.1, -0.05) is 31.4 Å². The van der Waals surface area contributed by atoms with Crippen LogP contribution in [0.2, 0.25) is 0 Å². The van der Waals surface area contributed by atoms with E-state index in [0.29, 0.717) is 5.92 Å². The highest BCUT2D eigenvalue weighted by Gasteiger charge is 2.26. The van der Waals surface area contributed by atoms with Gasteiger partial charge in [-0.15, -0.1) is 0 Å². The summed E-state index contributed by atoms with van der Waals surface area (Å²) >= 11 is 0. The molecule has 1 aliphatic carbocycles. The summed E-state index contributed by atoms with van der Waals surface area (Å²) in [4.78, 5) is 4.70. The number of fused-ring (bicyclic) bond motifs is 1. The van der Waals surface area contributed by atoms with E-state index in [1.165, 1.54) is 32.1 Å². The summed E-state index contributed by atoms with van der Waals surface area (Å²) in [6.45, 7) is 0.719. The van der Waals surface area contributed by atoms with E-state index in [2.05, 4.69) is 15.5 Å². The van der Waals surface area contributed by atoms with Crippen molar-refractivity contribution in [2.45, 2.75) is 44.1 Å². The molecule has 1 atom stereocenters. The molecule has 0 radical (unpaired) electrons. The van der Waals surface area contributed by atoms with Crippen LogP contribution < -0.4 is 10.1 Å². The summed E-state index contributed by atoms with van der Waals surface area (Å²) < 4.78 is 6.02. The van der Waals surface area contributed by atoms with E-state index in [1.807, 2.05) is 24.3 Å². The smallest absolute Gasteiger partial charge is 0.175 e. The lowest BCUT2D eigenvalue weighted by Gasteiger charge is -2.25. The van der Waals surface area contributed by atoms with E-state index >= 15 is 0 Å². The van der Waals surface area contributed by atoms with E-state index in [0.717, 1.165) is 29.6 Å². The van der Waals surface area contributed by atoms with Crippen LogP contribution in [0, 0.1) is 0 Å². The normalized spacial score (nSPS) is 22.2. The molecule has 0 amide bonds. The fraction of sp³-hybridized carbons (Fsp3) is 0.500. The molecular weight excluding hydrogens is 264 g/mol. The maximum absolute atomic E-state index is 6.02. The van der Waals surface area contributed by atoms with Crippen molar-refractivity contribution < 1.29 is 4.74 Å². The molecule has 1 unspecified atom stereocenters. The molecule has 5 heteroatoms. The molecule has 1 saturated carbocycles. The van der Waals surface area contributed by atoms with Crippen LogP contribution in [0.15, 0.2) is 24.3 Å². The van der Waals surface area contributed by atoms with Crippen molar-refractivity contribution in [1.29, 1.82) is 0 Å². The summed E-state index contributed by atoms with van der Waals surface area (Å²) in [5, 5.41) is 10.9. The average Bonchev–Trinajstić information content (AvgIpc) is 3.05. The predicted octanol–water partition coefficient (Wildman–Crippen LogP) is 3.40. The van der Waals surface area contributed by atoms with Gasteiger partial charge in [-0.05, 0) is 25.0 Å². The molecule has 1 aromatic heterocycles.